The van der Waals surface area contributed by atoms with Crippen molar-refractivity contribution in [1.29, 1.82) is 0 Å². The highest BCUT2D eigenvalue weighted by Crippen LogP contribution is 2.45. The molecule has 0 aliphatic heterocycles. The van der Waals surface area contributed by atoms with Crippen LogP contribution < -0.4 is 19.9 Å². The molecule has 130 valence electrons. The fourth-order valence-corrected chi connectivity index (χ4v) is 2.71. The smallest absolute Gasteiger partial charge is 0.164 e. The van der Waals surface area contributed by atoms with E-state index in [0.29, 0.717) is 24.0 Å². The molecule has 3 rings (SSSR count). The molecule has 0 amide bonds. The van der Waals surface area contributed by atoms with E-state index in [4.69, 9.17) is 19.9 Å². The van der Waals surface area contributed by atoms with Gasteiger partial charge in [0.1, 0.15) is 12.4 Å². The van der Waals surface area contributed by atoms with Gasteiger partial charge in [0.2, 0.25) is 0 Å². The van der Waals surface area contributed by atoms with Crippen LogP contribution in [0.5, 0.6) is 17.2 Å². The van der Waals surface area contributed by atoms with Gasteiger partial charge in [-0.15, -0.1) is 12.4 Å². The molecule has 0 unspecified atom stereocenters. The highest BCUT2D eigenvalue weighted by molar-refractivity contribution is 5.85. The molecule has 2 aromatic rings. The van der Waals surface area contributed by atoms with Gasteiger partial charge in [0.25, 0.3) is 0 Å². The highest BCUT2D eigenvalue weighted by atomic mass is 35.5. The van der Waals surface area contributed by atoms with Crippen molar-refractivity contribution in [3.8, 4) is 17.2 Å². The molecule has 0 bridgehead atoms. The molecule has 2 N–H and O–H groups in total. The van der Waals surface area contributed by atoms with Crippen LogP contribution in [0, 0.1) is 5.92 Å². The van der Waals surface area contributed by atoms with Crippen LogP contribution in [-0.4, -0.2) is 14.2 Å². The molecule has 0 saturated heterocycles. The van der Waals surface area contributed by atoms with E-state index in [2.05, 4.69) is 0 Å². The maximum Gasteiger partial charge on any atom is 0.164 e. The second-order valence-electron chi connectivity index (χ2n) is 5.88. The quantitative estimate of drug-likeness (QED) is 0.817. The van der Waals surface area contributed by atoms with Crippen molar-refractivity contribution < 1.29 is 14.2 Å². The monoisotopic (exact) mass is 349 g/mol. The SMILES string of the molecule is COc1cc(OCc2ccccc2)c([C@H](N)C2CC2)cc1OC.Cl. The Kier molecular flexibility index (Phi) is 6.35. The number of benzene rings is 2. The predicted octanol–water partition coefficient (Wildman–Crippen LogP) is 4.11. The van der Waals surface area contributed by atoms with Crippen LogP contribution in [-0.2, 0) is 6.61 Å². The summed E-state index contributed by atoms with van der Waals surface area (Å²) in [6, 6.07) is 13.9. The van der Waals surface area contributed by atoms with Gasteiger partial charge < -0.3 is 19.9 Å². The largest absolute Gasteiger partial charge is 0.493 e. The minimum absolute atomic E-state index is 0. The lowest BCUT2D eigenvalue weighted by Crippen LogP contribution is -2.14. The van der Waals surface area contributed by atoms with Crippen molar-refractivity contribution in [2.24, 2.45) is 11.7 Å². The molecule has 5 heteroatoms. The number of methoxy groups -OCH3 is 2. The Morgan fingerprint density at radius 2 is 1.62 bits per heavy atom. The Balaban J connectivity index is 0.00000208. The fraction of sp³-hybridized carbons (Fsp3) is 0.368. The van der Waals surface area contributed by atoms with E-state index in [0.717, 1.165) is 16.9 Å². The summed E-state index contributed by atoms with van der Waals surface area (Å²) in [7, 11) is 3.26. The first-order valence-electron chi connectivity index (χ1n) is 7.91. The van der Waals surface area contributed by atoms with Gasteiger partial charge in [-0.2, -0.15) is 0 Å². The Hall–Kier alpha value is -1.91. The van der Waals surface area contributed by atoms with Crippen LogP contribution in [0.2, 0.25) is 0 Å². The van der Waals surface area contributed by atoms with Crippen molar-refractivity contribution in [2.75, 3.05) is 14.2 Å². The maximum atomic E-state index is 6.41. The summed E-state index contributed by atoms with van der Waals surface area (Å²) < 4.78 is 16.9. The molecule has 1 aliphatic rings. The summed E-state index contributed by atoms with van der Waals surface area (Å²) in [6.07, 6.45) is 2.35. The van der Waals surface area contributed by atoms with Crippen LogP contribution in [0.25, 0.3) is 0 Å². The van der Waals surface area contributed by atoms with Crippen LogP contribution >= 0.6 is 12.4 Å². The Labute approximate surface area is 149 Å². The second kappa shape index (κ2) is 8.27. The molecule has 0 spiro atoms. The van der Waals surface area contributed by atoms with Gasteiger partial charge in [-0.05, 0) is 30.4 Å². The molecule has 1 atom stereocenters. The van der Waals surface area contributed by atoms with Crippen molar-refractivity contribution >= 4 is 12.4 Å². The lowest BCUT2D eigenvalue weighted by Gasteiger charge is -2.19. The van der Waals surface area contributed by atoms with Crippen molar-refractivity contribution in [3.05, 3.63) is 53.6 Å². The molecule has 2 aromatic carbocycles. The van der Waals surface area contributed by atoms with E-state index in [9.17, 15) is 0 Å². The number of hydrogen-bond donors (Lipinski definition) is 1. The molecule has 0 radical (unpaired) electrons. The molecule has 24 heavy (non-hydrogen) atoms. The lowest BCUT2D eigenvalue weighted by molar-refractivity contribution is 0.294. The van der Waals surface area contributed by atoms with Crippen molar-refractivity contribution in [3.63, 3.8) is 0 Å². The third-order valence-electron chi connectivity index (χ3n) is 4.24. The first-order chi connectivity index (χ1) is 11.2. The van der Waals surface area contributed by atoms with Gasteiger partial charge in [-0.1, -0.05) is 30.3 Å². The summed E-state index contributed by atoms with van der Waals surface area (Å²) in [5, 5.41) is 0. The number of rotatable bonds is 7. The van der Waals surface area contributed by atoms with Gasteiger partial charge in [0, 0.05) is 17.7 Å². The minimum Gasteiger partial charge on any atom is -0.493 e. The number of nitrogens with two attached hydrogens (primary N) is 1. The van der Waals surface area contributed by atoms with Crippen LogP contribution in [0.1, 0.15) is 30.0 Å². The van der Waals surface area contributed by atoms with E-state index in [1.165, 1.54) is 12.8 Å². The highest BCUT2D eigenvalue weighted by Gasteiger charge is 2.32. The van der Waals surface area contributed by atoms with Crippen LogP contribution in [0.3, 0.4) is 0 Å². The van der Waals surface area contributed by atoms with E-state index in [-0.39, 0.29) is 18.4 Å². The number of ether oxygens (including phenoxy) is 3. The molecular weight excluding hydrogens is 326 g/mol. The topological polar surface area (TPSA) is 53.7 Å². The van der Waals surface area contributed by atoms with E-state index < -0.39 is 0 Å². The summed E-state index contributed by atoms with van der Waals surface area (Å²) in [5.74, 6) is 2.64. The molecule has 4 nitrogen and oxygen atoms in total. The Bertz CT molecular complexity index is 659. The summed E-state index contributed by atoms with van der Waals surface area (Å²) in [5.41, 5.74) is 8.51. The predicted molar refractivity (Wildman–Crippen MR) is 97.2 cm³/mol. The lowest BCUT2D eigenvalue weighted by atomic mass is 10.0. The second-order valence-corrected chi connectivity index (χ2v) is 5.88. The summed E-state index contributed by atoms with van der Waals surface area (Å²) in [6.45, 7) is 0.501. The van der Waals surface area contributed by atoms with E-state index in [1.807, 2.05) is 42.5 Å². The Morgan fingerprint density at radius 1 is 1.00 bits per heavy atom. The zero-order chi connectivity index (χ0) is 16.2. The molecule has 0 aromatic heterocycles. The molecule has 1 aliphatic carbocycles. The first-order valence-corrected chi connectivity index (χ1v) is 7.91. The Morgan fingerprint density at radius 3 is 2.21 bits per heavy atom. The summed E-state index contributed by atoms with van der Waals surface area (Å²) in [4.78, 5) is 0. The van der Waals surface area contributed by atoms with Crippen molar-refractivity contribution in [1.82, 2.24) is 0 Å². The summed E-state index contributed by atoms with van der Waals surface area (Å²) >= 11 is 0. The van der Waals surface area contributed by atoms with Gasteiger partial charge in [-0.3, -0.25) is 0 Å². The number of hydrogen-bond acceptors (Lipinski definition) is 4. The van der Waals surface area contributed by atoms with Gasteiger partial charge >= 0.3 is 0 Å². The zero-order valence-corrected chi connectivity index (χ0v) is 14.8. The van der Waals surface area contributed by atoms with Gasteiger partial charge in [-0.25, -0.2) is 0 Å². The van der Waals surface area contributed by atoms with Gasteiger partial charge in [0.15, 0.2) is 11.5 Å². The van der Waals surface area contributed by atoms with Crippen LogP contribution in [0.15, 0.2) is 42.5 Å². The zero-order valence-electron chi connectivity index (χ0n) is 14.0. The van der Waals surface area contributed by atoms with E-state index in [1.54, 1.807) is 14.2 Å². The van der Waals surface area contributed by atoms with Crippen LogP contribution in [0.4, 0.5) is 0 Å². The molecule has 1 saturated carbocycles. The maximum absolute atomic E-state index is 6.41. The van der Waals surface area contributed by atoms with Crippen molar-refractivity contribution in [2.45, 2.75) is 25.5 Å². The fourth-order valence-electron chi connectivity index (χ4n) is 2.71. The molecular formula is C19H24ClNO3. The molecule has 0 heterocycles. The first kappa shape index (κ1) is 18.4. The van der Waals surface area contributed by atoms with Gasteiger partial charge in [0.05, 0.1) is 14.2 Å². The molecule has 1 fully saturated rings. The number of halogens is 1. The standard InChI is InChI=1S/C19H23NO3.ClH/c1-21-17-10-15(19(20)14-8-9-14)16(11-18(17)22-2)23-12-13-6-4-3-5-7-13;/h3-7,10-11,14,19H,8-9,12,20H2,1-2H3;1H/t19-;/m1./s1. The normalized spacial score (nSPS) is 14.5. The average molecular weight is 350 g/mol. The third kappa shape index (κ3) is 4.13. The van der Waals surface area contributed by atoms with E-state index >= 15 is 0 Å². The third-order valence-corrected chi connectivity index (χ3v) is 4.24. The minimum atomic E-state index is -0.0272. The average Bonchev–Trinajstić information content (AvgIpc) is 3.44.